The highest BCUT2D eigenvalue weighted by molar-refractivity contribution is 7.90. The summed E-state index contributed by atoms with van der Waals surface area (Å²) in [4.78, 5) is 12.6. The highest BCUT2D eigenvalue weighted by Gasteiger charge is 2.14. The van der Waals surface area contributed by atoms with Crippen LogP contribution in [-0.2, 0) is 27.7 Å². The van der Waals surface area contributed by atoms with Gasteiger partial charge in [-0.1, -0.05) is 31.0 Å². The molecule has 0 spiro atoms. The molecular formula is C22H25ClN4O3S2. The lowest BCUT2D eigenvalue weighted by atomic mass is 10.2. The Balaban J connectivity index is 1.76. The Morgan fingerprint density at radius 2 is 1.88 bits per heavy atom. The van der Waals surface area contributed by atoms with E-state index in [2.05, 4.69) is 17.3 Å². The maximum atomic E-state index is 12.5. The maximum Gasteiger partial charge on any atom is 0.226 e. The quantitative estimate of drug-likeness (QED) is 0.426. The first-order chi connectivity index (χ1) is 15.2. The fraction of sp³-hybridized carbons (Fsp3) is 0.318. The number of amides is 1. The first kappa shape index (κ1) is 24.2. The topological polar surface area (TPSA) is 86.0 Å². The molecule has 7 nitrogen and oxygen atoms in total. The van der Waals surface area contributed by atoms with Crippen molar-refractivity contribution in [3.63, 3.8) is 0 Å². The fourth-order valence-electron chi connectivity index (χ4n) is 3.15. The minimum Gasteiger partial charge on any atom is -0.326 e. The number of benzene rings is 2. The molecule has 0 fully saturated rings. The molecule has 0 saturated carbocycles. The van der Waals surface area contributed by atoms with Crippen LogP contribution in [0.15, 0.2) is 53.4 Å². The van der Waals surface area contributed by atoms with E-state index in [1.807, 2.05) is 16.7 Å². The first-order valence-corrected chi connectivity index (χ1v) is 12.9. The minimum absolute atomic E-state index is 0.141. The van der Waals surface area contributed by atoms with Crippen LogP contribution < -0.4 is 5.32 Å². The van der Waals surface area contributed by atoms with Gasteiger partial charge in [-0.15, -0.1) is 0 Å². The molecule has 1 heterocycles. The van der Waals surface area contributed by atoms with Gasteiger partial charge < -0.3 is 5.32 Å². The lowest BCUT2D eigenvalue weighted by Crippen LogP contribution is -2.15. The minimum atomic E-state index is -3.35. The summed E-state index contributed by atoms with van der Waals surface area (Å²) in [6.07, 6.45) is 3.24. The summed E-state index contributed by atoms with van der Waals surface area (Å²) in [5.74, 6) is 0.482. The van der Waals surface area contributed by atoms with E-state index in [1.54, 1.807) is 28.9 Å². The van der Waals surface area contributed by atoms with Crippen molar-refractivity contribution in [1.29, 1.82) is 0 Å². The van der Waals surface area contributed by atoms with E-state index >= 15 is 0 Å². The monoisotopic (exact) mass is 492 g/mol. The van der Waals surface area contributed by atoms with E-state index in [9.17, 15) is 13.2 Å². The standard InChI is InChI=1S/C22H25ClN4O3S2/c1-3-4-13-26-21(16-8-10-17(23)11-9-16)25-27(22(26)31)14-12-20(28)24-18-6-5-7-19(15-18)32(2,29)30/h5-11,15H,3-4,12-14H2,1-2H3,(H,24,28). The van der Waals surface area contributed by atoms with E-state index in [4.69, 9.17) is 23.8 Å². The lowest BCUT2D eigenvalue weighted by molar-refractivity contribution is -0.116. The Kier molecular flexibility index (Phi) is 7.86. The highest BCUT2D eigenvalue weighted by atomic mass is 35.5. The number of aromatic nitrogens is 3. The van der Waals surface area contributed by atoms with Crippen molar-refractivity contribution in [3.8, 4) is 11.4 Å². The average Bonchev–Trinajstić information content (AvgIpc) is 3.06. The number of sulfone groups is 1. The number of hydrogen-bond donors (Lipinski definition) is 1. The number of hydrogen-bond acceptors (Lipinski definition) is 5. The second kappa shape index (κ2) is 10.4. The Labute approximate surface area is 198 Å². The van der Waals surface area contributed by atoms with Gasteiger partial charge in [-0.25, -0.2) is 13.1 Å². The molecule has 0 aliphatic rings. The Morgan fingerprint density at radius 1 is 1.16 bits per heavy atom. The summed E-state index contributed by atoms with van der Waals surface area (Å²) in [5.41, 5.74) is 1.33. The molecule has 0 radical (unpaired) electrons. The van der Waals surface area contributed by atoms with Crippen molar-refractivity contribution >= 4 is 45.3 Å². The second-order valence-corrected chi connectivity index (χ2v) is 10.3. The van der Waals surface area contributed by atoms with Gasteiger partial charge in [0.2, 0.25) is 5.91 Å². The summed E-state index contributed by atoms with van der Waals surface area (Å²) in [7, 11) is -3.35. The van der Waals surface area contributed by atoms with Gasteiger partial charge in [0, 0.05) is 35.5 Å². The van der Waals surface area contributed by atoms with Crippen LogP contribution in [0.5, 0.6) is 0 Å². The summed E-state index contributed by atoms with van der Waals surface area (Å²) in [6, 6.07) is 13.6. The SMILES string of the molecule is CCCCn1c(-c2ccc(Cl)cc2)nn(CCC(=O)Nc2cccc(S(C)(=O)=O)c2)c1=S. The Morgan fingerprint density at radius 3 is 2.53 bits per heavy atom. The zero-order chi connectivity index (χ0) is 23.3. The van der Waals surface area contributed by atoms with Crippen LogP contribution in [0, 0.1) is 4.77 Å². The normalized spacial score (nSPS) is 11.5. The van der Waals surface area contributed by atoms with Gasteiger partial charge in [-0.3, -0.25) is 9.36 Å². The molecule has 1 amide bonds. The molecule has 0 unspecified atom stereocenters. The second-order valence-electron chi connectivity index (χ2n) is 7.44. The largest absolute Gasteiger partial charge is 0.326 e. The van der Waals surface area contributed by atoms with E-state index in [0.717, 1.165) is 37.0 Å². The number of aryl methyl sites for hydroxylation is 1. The van der Waals surface area contributed by atoms with Gasteiger partial charge in [0.15, 0.2) is 20.4 Å². The van der Waals surface area contributed by atoms with Crippen molar-refractivity contribution in [1.82, 2.24) is 14.3 Å². The number of carbonyl (C=O) groups excluding carboxylic acids is 1. The number of nitrogens with one attached hydrogen (secondary N) is 1. The molecule has 10 heteroatoms. The van der Waals surface area contributed by atoms with Crippen LogP contribution in [0.1, 0.15) is 26.2 Å². The van der Waals surface area contributed by atoms with Crippen molar-refractivity contribution in [2.75, 3.05) is 11.6 Å². The molecule has 0 aliphatic heterocycles. The molecule has 2 aromatic carbocycles. The van der Waals surface area contributed by atoms with E-state index in [-0.39, 0.29) is 17.2 Å². The Hall–Kier alpha value is -2.49. The third kappa shape index (κ3) is 6.05. The molecule has 1 aromatic heterocycles. The van der Waals surface area contributed by atoms with E-state index < -0.39 is 9.84 Å². The third-order valence-corrected chi connectivity index (χ3v) is 6.65. The molecule has 0 atom stereocenters. The molecule has 3 aromatic rings. The van der Waals surface area contributed by atoms with Gasteiger partial charge in [-0.05, 0) is 61.1 Å². The van der Waals surface area contributed by atoms with Crippen LogP contribution in [0.2, 0.25) is 5.02 Å². The Bertz CT molecular complexity index is 1270. The van der Waals surface area contributed by atoms with Gasteiger partial charge in [0.25, 0.3) is 0 Å². The molecule has 1 N–H and O–H groups in total. The smallest absolute Gasteiger partial charge is 0.226 e. The maximum absolute atomic E-state index is 12.5. The fourth-order valence-corrected chi connectivity index (χ4v) is 4.26. The van der Waals surface area contributed by atoms with Crippen molar-refractivity contribution in [2.24, 2.45) is 0 Å². The number of unbranched alkanes of at least 4 members (excludes halogenated alkanes) is 1. The summed E-state index contributed by atoms with van der Waals surface area (Å²) >= 11 is 11.6. The number of halogens is 1. The highest BCUT2D eigenvalue weighted by Crippen LogP contribution is 2.22. The van der Waals surface area contributed by atoms with Crippen LogP contribution in [0.25, 0.3) is 11.4 Å². The van der Waals surface area contributed by atoms with Gasteiger partial charge in [0.1, 0.15) is 0 Å². The van der Waals surface area contributed by atoms with Gasteiger partial charge >= 0.3 is 0 Å². The average molecular weight is 493 g/mol. The zero-order valence-electron chi connectivity index (χ0n) is 17.9. The zero-order valence-corrected chi connectivity index (χ0v) is 20.3. The molecule has 0 saturated heterocycles. The molecule has 0 aliphatic carbocycles. The molecule has 3 rings (SSSR count). The van der Waals surface area contributed by atoms with Crippen LogP contribution >= 0.6 is 23.8 Å². The van der Waals surface area contributed by atoms with Gasteiger partial charge in [-0.2, -0.15) is 5.10 Å². The first-order valence-electron chi connectivity index (χ1n) is 10.2. The predicted molar refractivity (Wildman–Crippen MR) is 129 cm³/mol. The lowest BCUT2D eigenvalue weighted by Gasteiger charge is -2.07. The number of carbonyl (C=O) groups is 1. The van der Waals surface area contributed by atoms with Crippen molar-refractivity contribution < 1.29 is 13.2 Å². The van der Waals surface area contributed by atoms with Crippen LogP contribution in [-0.4, -0.2) is 34.9 Å². The van der Waals surface area contributed by atoms with Crippen molar-refractivity contribution in [3.05, 3.63) is 58.3 Å². The number of nitrogens with zero attached hydrogens (tertiary/aromatic N) is 3. The van der Waals surface area contributed by atoms with E-state index in [0.29, 0.717) is 22.0 Å². The predicted octanol–water partition coefficient (Wildman–Crippen LogP) is 4.97. The molecule has 0 bridgehead atoms. The third-order valence-electron chi connectivity index (χ3n) is 4.86. The number of rotatable bonds is 9. The van der Waals surface area contributed by atoms with E-state index in [1.165, 1.54) is 12.1 Å². The van der Waals surface area contributed by atoms with Crippen molar-refractivity contribution in [2.45, 2.75) is 44.2 Å². The summed E-state index contributed by atoms with van der Waals surface area (Å²) < 4.78 is 27.6. The van der Waals surface area contributed by atoms with Crippen LogP contribution in [0.4, 0.5) is 5.69 Å². The summed E-state index contributed by atoms with van der Waals surface area (Å²) in [6.45, 7) is 3.15. The molecule has 32 heavy (non-hydrogen) atoms. The molecular weight excluding hydrogens is 468 g/mol. The summed E-state index contributed by atoms with van der Waals surface area (Å²) in [5, 5.41) is 8.04. The molecule has 170 valence electrons. The van der Waals surface area contributed by atoms with Gasteiger partial charge in [0.05, 0.1) is 11.4 Å². The number of anilines is 1. The van der Waals surface area contributed by atoms with Crippen LogP contribution in [0.3, 0.4) is 0 Å².